The molecule has 1 aromatic carbocycles. The van der Waals surface area contributed by atoms with Gasteiger partial charge < -0.3 is 14.6 Å². The highest BCUT2D eigenvalue weighted by atomic mass is 32.2. The SMILES string of the molecule is CCCn1c(=O)n2cnnc2c2[nH]c(-c3cc(S(=O)(=O)N4CCN(CC)CC4)ccc3OCC)cc21. The van der Waals surface area contributed by atoms with Gasteiger partial charge in [0.2, 0.25) is 10.0 Å². The van der Waals surface area contributed by atoms with E-state index in [9.17, 15) is 13.2 Å². The topological polar surface area (TPSA) is 118 Å². The first-order valence-electron chi connectivity index (χ1n) is 12.3. The van der Waals surface area contributed by atoms with Gasteiger partial charge in [-0.1, -0.05) is 13.8 Å². The fraction of sp³-hybridized carbons (Fsp3) is 0.458. The zero-order valence-electron chi connectivity index (χ0n) is 20.8. The summed E-state index contributed by atoms with van der Waals surface area (Å²) in [6.45, 7) is 10.2. The van der Waals surface area contributed by atoms with Gasteiger partial charge in [0.25, 0.3) is 0 Å². The van der Waals surface area contributed by atoms with Crippen molar-refractivity contribution in [3.8, 4) is 17.0 Å². The van der Waals surface area contributed by atoms with Gasteiger partial charge in [-0.15, -0.1) is 10.2 Å². The Morgan fingerprint density at radius 2 is 1.86 bits per heavy atom. The van der Waals surface area contributed by atoms with Crippen molar-refractivity contribution in [3.63, 3.8) is 0 Å². The number of piperazine rings is 1. The number of aryl methyl sites for hydroxylation is 1. The predicted octanol–water partition coefficient (Wildman–Crippen LogP) is 2.17. The van der Waals surface area contributed by atoms with Crippen molar-refractivity contribution < 1.29 is 13.2 Å². The second kappa shape index (κ2) is 9.68. The molecular formula is C24H31N7O4S. The molecular weight excluding hydrogens is 482 g/mol. The van der Waals surface area contributed by atoms with Crippen LogP contribution in [0.2, 0.25) is 0 Å². The van der Waals surface area contributed by atoms with Gasteiger partial charge in [-0.25, -0.2) is 17.6 Å². The molecule has 0 radical (unpaired) electrons. The predicted molar refractivity (Wildman–Crippen MR) is 137 cm³/mol. The van der Waals surface area contributed by atoms with E-state index in [1.165, 1.54) is 10.7 Å². The summed E-state index contributed by atoms with van der Waals surface area (Å²) >= 11 is 0. The van der Waals surface area contributed by atoms with Gasteiger partial charge in [-0.2, -0.15) is 4.31 Å². The molecule has 1 aliphatic rings. The minimum Gasteiger partial charge on any atom is -0.493 e. The number of hydrogen-bond acceptors (Lipinski definition) is 7. The first kappa shape index (κ1) is 24.5. The zero-order valence-corrected chi connectivity index (χ0v) is 21.6. The van der Waals surface area contributed by atoms with E-state index in [2.05, 4.69) is 27.0 Å². The molecule has 0 aliphatic carbocycles. The zero-order chi connectivity index (χ0) is 25.4. The molecule has 0 saturated carbocycles. The molecule has 5 rings (SSSR count). The first-order valence-corrected chi connectivity index (χ1v) is 13.8. The average molecular weight is 514 g/mol. The summed E-state index contributed by atoms with van der Waals surface area (Å²) in [5, 5.41) is 8.06. The highest BCUT2D eigenvalue weighted by Crippen LogP contribution is 2.35. The van der Waals surface area contributed by atoms with Crippen LogP contribution in [0.1, 0.15) is 27.2 Å². The van der Waals surface area contributed by atoms with E-state index >= 15 is 0 Å². The fourth-order valence-corrected chi connectivity index (χ4v) is 6.24. The Balaban J connectivity index is 1.64. The van der Waals surface area contributed by atoms with Crippen LogP contribution in [0.25, 0.3) is 27.9 Å². The Labute approximate surface area is 209 Å². The van der Waals surface area contributed by atoms with Crippen molar-refractivity contribution in [1.82, 2.24) is 33.4 Å². The molecule has 36 heavy (non-hydrogen) atoms. The number of sulfonamides is 1. The number of nitrogens with one attached hydrogen (secondary N) is 1. The minimum absolute atomic E-state index is 0.211. The number of hydrogen-bond donors (Lipinski definition) is 1. The van der Waals surface area contributed by atoms with E-state index in [4.69, 9.17) is 4.74 Å². The Bertz CT molecular complexity index is 1560. The lowest BCUT2D eigenvalue weighted by atomic mass is 10.1. The number of likely N-dealkylation sites (N-methyl/N-ethyl adjacent to an activating group) is 1. The van der Waals surface area contributed by atoms with Crippen molar-refractivity contribution in [2.45, 2.75) is 38.6 Å². The molecule has 12 heteroatoms. The Morgan fingerprint density at radius 3 is 2.56 bits per heavy atom. The smallest absolute Gasteiger partial charge is 0.335 e. The Morgan fingerprint density at radius 1 is 1.08 bits per heavy atom. The number of benzene rings is 1. The van der Waals surface area contributed by atoms with Gasteiger partial charge in [-0.3, -0.25) is 4.57 Å². The molecule has 0 atom stereocenters. The summed E-state index contributed by atoms with van der Waals surface area (Å²) in [7, 11) is -3.68. The quantitative estimate of drug-likeness (QED) is 0.384. The van der Waals surface area contributed by atoms with Crippen LogP contribution in [0.4, 0.5) is 0 Å². The number of H-pyrrole nitrogens is 1. The highest BCUT2D eigenvalue weighted by molar-refractivity contribution is 7.89. The molecule has 0 bridgehead atoms. The van der Waals surface area contributed by atoms with E-state index < -0.39 is 10.0 Å². The third-order valence-corrected chi connectivity index (χ3v) is 8.60. The van der Waals surface area contributed by atoms with Crippen LogP contribution in [0.15, 0.2) is 40.3 Å². The van der Waals surface area contributed by atoms with Crippen LogP contribution in [-0.2, 0) is 16.6 Å². The fourth-order valence-electron chi connectivity index (χ4n) is 4.79. The number of rotatable bonds is 8. The summed E-state index contributed by atoms with van der Waals surface area (Å²) < 4.78 is 37.5. The van der Waals surface area contributed by atoms with Crippen LogP contribution < -0.4 is 10.4 Å². The summed E-state index contributed by atoms with van der Waals surface area (Å²) in [4.78, 5) is 18.8. The maximum atomic E-state index is 13.5. The third-order valence-electron chi connectivity index (χ3n) is 6.70. The third kappa shape index (κ3) is 4.08. The molecule has 0 unspecified atom stereocenters. The van der Waals surface area contributed by atoms with Crippen molar-refractivity contribution in [2.75, 3.05) is 39.3 Å². The first-order chi connectivity index (χ1) is 17.4. The lowest BCUT2D eigenvalue weighted by Gasteiger charge is -2.33. The Kier molecular flexibility index (Phi) is 6.58. The lowest BCUT2D eigenvalue weighted by molar-refractivity contribution is 0.196. The average Bonchev–Trinajstić information content (AvgIpc) is 3.55. The summed E-state index contributed by atoms with van der Waals surface area (Å²) in [6.07, 6.45) is 2.17. The second-order valence-electron chi connectivity index (χ2n) is 8.83. The number of fused-ring (bicyclic) bond motifs is 3. The molecule has 1 saturated heterocycles. The molecule has 1 fully saturated rings. The number of aromatic amines is 1. The molecule has 4 aromatic rings. The normalized spacial score (nSPS) is 15.8. The highest BCUT2D eigenvalue weighted by Gasteiger charge is 2.29. The summed E-state index contributed by atoms with van der Waals surface area (Å²) in [5.41, 5.74) is 2.79. The van der Waals surface area contributed by atoms with Crippen LogP contribution in [-0.4, -0.2) is 81.1 Å². The van der Waals surface area contributed by atoms with Gasteiger partial charge in [0.05, 0.1) is 22.7 Å². The molecule has 0 spiro atoms. The largest absolute Gasteiger partial charge is 0.493 e. The molecule has 4 heterocycles. The molecule has 1 aliphatic heterocycles. The van der Waals surface area contributed by atoms with E-state index in [1.54, 1.807) is 27.1 Å². The van der Waals surface area contributed by atoms with E-state index in [0.29, 0.717) is 73.0 Å². The maximum Gasteiger partial charge on any atom is 0.335 e. The molecule has 0 amide bonds. The molecule has 3 aromatic heterocycles. The number of ether oxygens (including phenoxy) is 1. The Hall–Kier alpha value is -3.22. The maximum absolute atomic E-state index is 13.5. The van der Waals surface area contributed by atoms with Crippen molar-refractivity contribution in [3.05, 3.63) is 41.1 Å². The minimum atomic E-state index is -3.68. The standard InChI is InChI=1S/C24H31N7O4S/c1-4-9-30-20-15-19(26-22(20)23-27-25-16-31(23)24(30)32)18-14-17(7-8-21(18)35-6-3)36(33,34)29-12-10-28(5-2)11-13-29/h7-8,14-16,26H,4-6,9-13H2,1-3H3. The van der Waals surface area contributed by atoms with Crippen LogP contribution in [0.3, 0.4) is 0 Å². The van der Waals surface area contributed by atoms with E-state index in [0.717, 1.165) is 13.0 Å². The van der Waals surface area contributed by atoms with Crippen LogP contribution >= 0.6 is 0 Å². The summed E-state index contributed by atoms with van der Waals surface area (Å²) in [6, 6.07) is 6.81. The molecule has 11 nitrogen and oxygen atoms in total. The molecule has 1 N–H and O–H groups in total. The monoisotopic (exact) mass is 513 g/mol. The van der Waals surface area contributed by atoms with Gasteiger partial charge in [0.1, 0.15) is 17.6 Å². The van der Waals surface area contributed by atoms with Crippen molar-refractivity contribution in [1.29, 1.82) is 0 Å². The van der Waals surface area contributed by atoms with E-state index in [-0.39, 0.29) is 10.6 Å². The van der Waals surface area contributed by atoms with E-state index in [1.807, 2.05) is 19.9 Å². The number of aromatic nitrogens is 5. The van der Waals surface area contributed by atoms with Gasteiger partial charge >= 0.3 is 5.69 Å². The van der Waals surface area contributed by atoms with Crippen LogP contribution in [0, 0.1) is 0 Å². The van der Waals surface area contributed by atoms with Gasteiger partial charge in [-0.05, 0) is 44.2 Å². The second-order valence-corrected chi connectivity index (χ2v) is 10.8. The number of nitrogens with zero attached hydrogens (tertiary/aromatic N) is 6. The van der Waals surface area contributed by atoms with Gasteiger partial charge in [0.15, 0.2) is 5.65 Å². The van der Waals surface area contributed by atoms with Crippen molar-refractivity contribution >= 4 is 26.7 Å². The molecule has 192 valence electrons. The van der Waals surface area contributed by atoms with Gasteiger partial charge in [0, 0.05) is 38.3 Å². The lowest BCUT2D eigenvalue weighted by Crippen LogP contribution is -2.48. The summed E-state index contributed by atoms with van der Waals surface area (Å²) in [5.74, 6) is 0.556. The van der Waals surface area contributed by atoms with Crippen LogP contribution in [0.5, 0.6) is 5.75 Å². The van der Waals surface area contributed by atoms with Crippen molar-refractivity contribution in [2.24, 2.45) is 0 Å².